The Labute approximate surface area is 221 Å². The van der Waals surface area contributed by atoms with Gasteiger partial charge in [0.05, 0.1) is 16.8 Å². The van der Waals surface area contributed by atoms with Gasteiger partial charge in [0.2, 0.25) is 10.0 Å². The average molecular weight is 561 g/mol. The Kier molecular flexibility index (Phi) is 8.54. The van der Waals surface area contributed by atoms with Gasteiger partial charge in [-0.1, -0.05) is 48.0 Å². The molecule has 0 radical (unpaired) electrons. The topological polar surface area (TPSA) is 67.3 Å². The van der Waals surface area contributed by atoms with Gasteiger partial charge in [-0.3, -0.25) is 14.7 Å². The van der Waals surface area contributed by atoms with E-state index in [1.165, 1.54) is 16.6 Å². The molecule has 1 N–H and O–H groups in total. The van der Waals surface area contributed by atoms with Crippen molar-refractivity contribution in [2.24, 2.45) is 0 Å². The maximum absolute atomic E-state index is 13.4. The fourth-order valence-corrected chi connectivity index (χ4v) is 6.32. The van der Waals surface area contributed by atoms with E-state index in [1.807, 2.05) is 52.1 Å². The zero-order chi connectivity index (χ0) is 27.0. The van der Waals surface area contributed by atoms with E-state index < -0.39 is 28.1 Å². The maximum atomic E-state index is 13.4. The number of halogens is 4. The smallest absolute Gasteiger partial charge is 0.365 e. The van der Waals surface area contributed by atoms with E-state index in [9.17, 15) is 26.7 Å². The molecule has 2 aliphatic rings. The first-order valence-corrected chi connectivity index (χ1v) is 14.3. The summed E-state index contributed by atoms with van der Waals surface area (Å²) in [5.74, 6) is 0.0209. The van der Waals surface area contributed by atoms with Gasteiger partial charge in [-0.2, -0.15) is 17.5 Å². The molecular weight excluding hydrogens is 529 g/mol. The van der Waals surface area contributed by atoms with Crippen LogP contribution in [-0.2, 0) is 22.7 Å². The molecule has 7 nitrogen and oxygen atoms in total. The third-order valence-corrected chi connectivity index (χ3v) is 8.91. The number of aliphatic hydroxyl groups is 1. The summed E-state index contributed by atoms with van der Waals surface area (Å²) in [6.07, 6.45) is -4.24. The molecule has 37 heavy (non-hydrogen) atoms. The van der Waals surface area contributed by atoms with E-state index in [1.54, 1.807) is 6.07 Å². The number of benzene rings is 2. The van der Waals surface area contributed by atoms with Crippen LogP contribution in [0.4, 0.5) is 13.2 Å². The Balaban J connectivity index is 1.51. The van der Waals surface area contributed by atoms with Gasteiger partial charge in [0.15, 0.2) is 6.35 Å². The lowest BCUT2D eigenvalue weighted by Gasteiger charge is -2.39. The Morgan fingerprint density at radius 3 is 2.30 bits per heavy atom. The Hall–Kier alpha value is -1.73. The molecule has 0 amide bonds. The second-order valence-corrected chi connectivity index (χ2v) is 12.2. The van der Waals surface area contributed by atoms with Crippen LogP contribution < -0.4 is 0 Å². The molecule has 2 aromatic carbocycles. The monoisotopic (exact) mass is 560 g/mol. The van der Waals surface area contributed by atoms with Crippen molar-refractivity contribution in [2.45, 2.75) is 31.0 Å². The van der Waals surface area contributed by atoms with Crippen molar-refractivity contribution in [2.75, 3.05) is 52.6 Å². The Morgan fingerprint density at radius 1 is 1.05 bits per heavy atom. The summed E-state index contributed by atoms with van der Waals surface area (Å²) in [5, 5.41) is 10.9. The number of nitrogens with zero attached hydrogens (tertiary/aromatic N) is 4. The fraction of sp³-hybridized carbons (Fsp3) is 0.520. The van der Waals surface area contributed by atoms with Gasteiger partial charge in [-0.15, -0.1) is 0 Å². The fourth-order valence-electron chi connectivity index (χ4n) is 5.27. The van der Waals surface area contributed by atoms with Crippen LogP contribution in [0.2, 0.25) is 5.02 Å². The number of sulfonamides is 1. The van der Waals surface area contributed by atoms with Gasteiger partial charge in [-0.25, -0.2) is 8.42 Å². The Morgan fingerprint density at radius 2 is 1.70 bits per heavy atom. The highest BCUT2D eigenvalue weighted by molar-refractivity contribution is 7.88. The lowest BCUT2D eigenvalue weighted by molar-refractivity contribution is -0.137. The standard InChI is InChI=1S/C25H32ClF3N4O3S/c1-30(15-18-8-9-22(26)21(14-18)25(27,28)29)23-17-32(16-20(23)19-6-4-3-5-7-19)24(34)31-10-12-33(13-11-31)37(2,35)36/h3-9,14,20,23-24,34H,10-13,15-17H2,1-2H3/t20-,23+,24?/m1/s1. The second kappa shape index (κ2) is 11.2. The van der Waals surface area contributed by atoms with Crippen molar-refractivity contribution < 1.29 is 26.7 Å². The zero-order valence-corrected chi connectivity index (χ0v) is 22.3. The third-order valence-electron chi connectivity index (χ3n) is 7.27. The SMILES string of the molecule is CN(Cc1ccc(Cl)c(C(F)(F)F)c1)[C@H]1CN(C(O)N2CCN(S(C)(=O)=O)CC2)C[C@@H]1c1ccccc1. The number of hydrogen-bond donors (Lipinski definition) is 1. The zero-order valence-electron chi connectivity index (χ0n) is 20.8. The average Bonchev–Trinajstić information content (AvgIpc) is 3.30. The minimum absolute atomic E-state index is 0.0209. The van der Waals surface area contributed by atoms with Crippen LogP contribution in [0.1, 0.15) is 22.6 Å². The molecule has 4 rings (SSSR count). The minimum atomic E-state index is -4.53. The summed E-state index contributed by atoms with van der Waals surface area (Å²) >= 11 is 5.80. The predicted octanol–water partition coefficient (Wildman–Crippen LogP) is 3.11. The number of hydrogen-bond acceptors (Lipinski definition) is 6. The molecule has 0 saturated carbocycles. The van der Waals surface area contributed by atoms with Crippen molar-refractivity contribution in [3.05, 3.63) is 70.2 Å². The van der Waals surface area contributed by atoms with Crippen molar-refractivity contribution >= 4 is 21.6 Å². The molecule has 0 aliphatic carbocycles. The van der Waals surface area contributed by atoms with Crippen LogP contribution in [-0.4, -0.2) is 97.5 Å². The van der Waals surface area contributed by atoms with Crippen LogP contribution >= 0.6 is 11.6 Å². The first-order chi connectivity index (χ1) is 17.3. The van der Waals surface area contributed by atoms with Gasteiger partial charge in [0.25, 0.3) is 0 Å². The van der Waals surface area contributed by atoms with Gasteiger partial charge >= 0.3 is 6.18 Å². The lowest BCUT2D eigenvalue weighted by Crippen LogP contribution is -2.56. The van der Waals surface area contributed by atoms with Gasteiger partial charge in [0.1, 0.15) is 0 Å². The molecule has 0 spiro atoms. The van der Waals surface area contributed by atoms with E-state index in [-0.39, 0.29) is 23.5 Å². The lowest BCUT2D eigenvalue weighted by atomic mass is 9.93. The highest BCUT2D eigenvalue weighted by Gasteiger charge is 2.41. The van der Waals surface area contributed by atoms with E-state index >= 15 is 0 Å². The molecule has 2 saturated heterocycles. The largest absolute Gasteiger partial charge is 0.417 e. The minimum Gasteiger partial charge on any atom is -0.365 e. The molecule has 2 aromatic rings. The number of aliphatic hydroxyl groups excluding tert-OH is 1. The van der Waals surface area contributed by atoms with E-state index in [4.69, 9.17) is 11.6 Å². The summed E-state index contributed by atoms with van der Waals surface area (Å²) in [7, 11) is -1.40. The van der Waals surface area contributed by atoms with Crippen LogP contribution in [0.3, 0.4) is 0 Å². The van der Waals surface area contributed by atoms with Crippen molar-refractivity contribution in [3.63, 3.8) is 0 Å². The molecule has 1 unspecified atom stereocenters. The molecular formula is C25H32ClF3N4O3S. The van der Waals surface area contributed by atoms with E-state index in [0.717, 1.165) is 11.6 Å². The molecule has 2 heterocycles. The predicted molar refractivity (Wildman–Crippen MR) is 136 cm³/mol. The first-order valence-electron chi connectivity index (χ1n) is 12.1. The highest BCUT2D eigenvalue weighted by Crippen LogP contribution is 2.36. The summed E-state index contributed by atoms with van der Waals surface area (Å²) < 4.78 is 65.2. The molecule has 2 aliphatic heterocycles. The first kappa shape index (κ1) is 28.3. The molecule has 0 aromatic heterocycles. The molecule has 3 atom stereocenters. The molecule has 2 fully saturated rings. The summed E-state index contributed by atoms with van der Waals surface area (Å²) in [5.41, 5.74) is 0.737. The summed E-state index contributed by atoms with van der Waals surface area (Å²) in [6.45, 7) is 2.79. The van der Waals surface area contributed by atoms with Gasteiger partial charge in [0, 0.05) is 57.8 Å². The number of likely N-dealkylation sites (N-methyl/N-ethyl adjacent to an activating group) is 1. The molecule has 0 bridgehead atoms. The highest BCUT2D eigenvalue weighted by atomic mass is 35.5. The van der Waals surface area contributed by atoms with Crippen molar-refractivity contribution in [1.29, 1.82) is 0 Å². The van der Waals surface area contributed by atoms with Crippen molar-refractivity contribution in [3.8, 4) is 0 Å². The van der Waals surface area contributed by atoms with E-state index in [0.29, 0.717) is 44.8 Å². The summed E-state index contributed by atoms with van der Waals surface area (Å²) in [6, 6.07) is 13.8. The van der Waals surface area contributed by atoms with Crippen LogP contribution in [0, 0.1) is 0 Å². The third kappa shape index (κ3) is 6.65. The van der Waals surface area contributed by atoms with Crippen LogP contribution in [0.15, 0.2) is 48.5 Å². The number of piperazine rings is 1. The van der Waals surface area contributed by atoms with E-state index in [2.05, 4.69) is 0 Å². The van der Waals surface area contributed by atoms with Crippen LogP contribution in [0.25, 0.3) is 0 Å². The Bertz CT molecular complexity index is 1180. The van der Waals surface area contributed by atoms with Gasteiger partial charge in [-0.05, 0) is 30.3 Å². The maximum Gasteiger partial charge on any atom is 0.417 e. The number of rotatable bonds is 7. The summed E-state index contributed by atoms with van der Waals surface area (Å²) in [4.78, 5) is 5.84. The second-order valence-electron chi connectivity index (χ2n) is 9.81. The molecule has 204 valence electrons. The van der Waals surface area contributed by atoms with Gasteiger partial charge < -0.3 is 5.11 Å². The number of alkyl halides is 3. The normalized spacial score (nSPS) is 23.6. The number of likely N-dealkylation sites (tertiary alicyclic amines) is 1. The molecule has 12 heteroatoms. The van der Waals surface area contributed by atoms with Crippen LogP contribution in [0.5, 0.6) is 0 Å². The van der Waals surface area contributed by atoms with Crippen molar-refractivity contribution in [1.82, 2.24) is 19.0 Å². The quantitative estimate of drug-likeness (QED) is 0.561.